The van der Waals surface area contributed by atoms with Crippen molar-refractivity contribution in [3.63, 3.8) is 0 Å². The number of pyridine rings is 1. The Morgan fingerprint density at radius 1 is 1.45 bits per heavy atom. The summed E-state index contributed by atoms with van der Waals surface area (Å²) in [6.45, 7) is 3.78. The molecule has 2 N–H and O–H groups in total. The maximum Gasteiger partial charge on any atom is 0.156 e. The van der Waals surface area contributed by atoms with Gasteiger partial charge in [0.1, 0.15) is 11.8 Å². The van der Waals surface area contributed by atoms with Gasteiger partial charge in [-0.05, 0) is 26.1 Å². The van der Waals surface area contributed by atoms with Gasteiger partial charge in [-0.25, -0.2) is 9.97 Å². The van der Waals surface area contributed by atoms with Crippen LogP contribution in [0, 0.1) is 0 Å². The summed E-state index contributed by atoms with van der Waals surface area (Å²) in [6, 6.07) is 4.00. The van der Waals surface area contributed by atoms with Crippen LogP contribution in [-0.2, 0) is 4.74 Å². The summed E-state index contributed by atoms with van der Waals surface area (Å²) in [5, 5.41) is 13.2. The lowest BCUT2D eigenvalue weighted by Crippen LogP contribution is -2.64. The van der Waals surface area contributed by atoms with Gasteiger partial charge in [-0.2, -0.15) is 0 Å². The molecular formula is C15H21N5O2. The SMILES string of the molecule is C[C@@H]1COC[C@@](CO)(CNc2ncnc3cccnc23)N1C. The van der Waals surface area contributed by atoms with Crippen LogP contribution in [0.1, 0.15) is 6.92 Å². The number of ether oxygens (including phenoxy) is 1. The first kappa shape index (κ1) is 15.1. The molecule has 0 aromatic carbocycles. The van der Waals surface area contributed by atoms with Crippen molar-refractivity contribution in [2.75, 3.05) is 38.7 Å². The standard InChI is InChI=1S/C15H21N5O2/c1-11-6-22-9-15(8-21,20(11)2)7-17-14-13-12(18-10-19-14)4-3-5-16-13/h3-5,10-11,21H,6-9H2,1-2H3,(H,17,18,19)/t11-,15+/m1/s1. The Kier molecular flexibility index (Phi) is 4.19. The number of hydrogen-bond donors (Lipinski definition) is 2. The lowest BCUT2D eigenvalue weighted by atomic mass is 9.96. The molecule has 7 nitrogen and oxygen atoms in total. The number of fused-ring (bicyclic) bond motifs is 1. The fourth-order valence-electron chi connectivity index (χ4n) is 2.76. The van der Waals surface area contributed by atoms with Crippen molar-refractivity contribution in [3.05, 3.63) is 24.7 Å². The summed E-state index contributed by atoms with van der Waals surface area (Å²) in [4.78, 5) is 15.0. The zero-order chi connectivity index (χ0) is 15.6. The summed E-state index contributed by atoms with van der Waals surface area (Å²) in [5.41, 5.74) is 1.05. The van der Waals surface area contributed by atoms with E-state index in [1.807, 2.05) is 19.2 Å². The number of likely N-dealkylation sites (N-methyl/N-ethyl adjacent to an activating group) is 1. The van der Waals surface area contributed by atoms with E-state index in [2.05, 4.69) is 32.1 Å². The third-order valence-corrected chi connectivity index (χ3v) is 4.41. The van der Waals surface area contributed by atoms with Crippen molar-refractivity contribution < 1.29 is 9.84 Å². The minimum atomic E-state index is -0.469. The van der Waals surface area contributed by atoms with Crippen molar-refractivity contribution >= 4 is 16.9 Å². The monoisotopic (exact) mass is 303 g/mol. The van der Waals surface area contributed by atoms with Gasteiger partial charge < -0.3 is 15.2 Å². The molecule has 7 heteroatoms. The van der Waals surface area contributed by atoms with Gasteiger partial charge >= 0.3 is 0 Å². The molecule has 22 heavy (non-hydrogen) atoms. The Bertz CT molecular complexity index is 647. The Balaban J connectivity index is 1.83. The predicted octanol–water partition coefficient (Wildman–Crippen LogP) is 0.518. The highest BCUT2D eigenvalue weighted by Crippen LogP contribution is 2.24. The van der Waals surface area contributed by atoms with Gasteiger partial charge in [-0.15, -0.1) is 0 Å². The van der Waals surface area contributed by atoms with Crippen LogP contribution in [0.2, 0.25) is 0 Å². The van der Waals surface area contributed by atoms with Crippen LogP contribution in [0.15, 0.2) is 24.7 Å². The number of aliphatic hydroxyl groups is 1. The van der Waals surface area contributed by atoms with E-state index in [0.717, 1.165) is 11.0 Å². The predicted molar refractivity (Wildman–Crippen MR) is 83.7 cm³/mol. The quantitative estimate of drug-likeness (QED) is 0.852. The molecule has 0 saturated carbocycles. The van der Waals surface area contributed by atoms with E-state index in [9.17, 15) is 5.11 Å². The van der Waals surface area contributed by atoms with Crippen molar-refractivity contribution in [2.24, 2.45) is 0 Å². The van der Waals surface area contributed by atoms with E-state index < -0.39 is 5.54 Å². The van der Waals surface area contributed by atoms with Crippen LogP contribution >= 0.6 is 0 Å². The lowest BCUT2D eigenvalue weighted by Gasteiger charge is -2.47. The molecule has 1 saturated heterocycles. The molecule has 3 heterocycles. The first-order valence-electron chi connectivity index (χ1n) is 7.37. The topological polar surface area (TPSA) is 83.4 Å². The maximum absolute atomic E-state index is 9.91. The Morgan fingerprint density at radius 2 is 2.32 bits per heavy atom. The molecule has 2 atom stereocenters. The summed E-state index contributed by atoms with van der Waals surface area (Å²) < 4.78 is 5.64. The lowest BCUT2D eigenvalue weighted by molar-refractivity contribution is -0.101. The van der Waals surface area contributed by atoms with E-state index in [4.69, 9.17) is 4.74 Å². The van der Waals surface area contributed by atoms with Crippen molar-refractivity contribution in [2.45, 2.75) is 18.5 Å². The minimum absolute atomic E-state index is 0.0112. The summed E-state index contributed by atoms with van der Waals surface area (Å²) in [5.74, 6) is 0.671. The number of aliphatic hydroxyl groups excluding tert-OH is 1. The number of nitrogens with zero attached hydrogens (tertiary/aromatic N) is 4. The highest BCUT2D eigenvalue weighted by Gasteiger charge is 2.40. The fourth-order valence-corrected chi connectivity index (χ4v) is 2.76. The van der Waals surface area contributed by atoms with E-state index in [1.54, 1.807) is 6.20 Å². The second-order valence-electron chi connectivity index (χ2n) is 5.80. The van der Waals surface area contributed by atoms with E-state index in [1.165, 1.54) is 6.33 Å². The van der Waals surface area contributed by atoms with Gasteiger partial charge in [0, 0.05) is 18.8 Å². The first-order valence-corrected chi connectivity index (χ1v) is 7.37. The Labute approximate surface area is 129 Å². The van der Waals surface area contributed by atoms with Crippen LogP contribution in [0.25, 0.3) is 11.0 Å². The molecule has 0 amide bonds. The molecule has 1 aliphatic heterocycles. The number of anilines is 1. The summed E-state index contributed by atoms with van der Waals surface area (Å²) >= 11 is 0. The maximum atomic E-state index is 9.91. The van der Waals surface area contributed by atoms with Crippen LogP contribution in [0.5, 0.6) is 0 Å². The van der Waals surface area contributed by atoms with Crippen molar-refractivity contribution in [1.29, 1.82) is 0 Å². The largest absolute Gasteiger partial charge is 0.394 e. The molecule has 2 aromatic rings. The first-order chi connectivity index (χ1) is 10.7. The van der Waals surface area contributed by atoms with E-state index in [-0.39, 0.29) is 12.6 Å². The number of hydrogen-bond acceptors (Lipinski definition) is 7. The molecule has 1 aliphatic rings. The minimum Gasteiger partial charge on any atom is -0.394 e. The molecule has 0 spiro atoms. The second-order valence-corrected chi connectivity index (χ2v) is 5.80. The van der Waals surface area contributed by atoms with Crippen LogP contribution in [0.4, 0.5) is 5.82 Å². The van der Waals surface area contributed by atoms with Gasteiger partial charge in [0.15, 0.2) is 5.82 Å². The summed E-state index contributed by atoms with van der Waals surface area (Å²) in [7, 11) is 2.02. The molecule has 0 unspecified atom stereocenters. The molecule has 3 rings (SSSR count). The van der Waals surface area contributed by atoms with Gasteiger partial charge in [0.05, 0.1) is 30.9 Å². The van der Waals surface area contributed by atoms with Gasteiger partial charge in [-0.3, -0.25) is 9.88 Å². The average Bonchev–Trinajstić information content (AvgIpc) is 2.56. The second kappa shape index (κ2) is 6.12. The smallest absolute Gasteiger partial charge is 0.156 e. The Morgan fingerprint density at radius 3 is 3.14 bits per heavy atom. The zero-order valence-corrected chi connectivity index (χ0v) is 12.9. The van der Waals surface area contributed by atoms with Gasteiger partial charge in [0.2, 0.25) is 0 Å². The zero-order valence-electron chi connectivity index (χ0n) is 12.9. The van der Waals surface area contributed by atoms with Crippen LogP contribution in [-0.4, -0.2) is 70.0 Å². The average molecular weight is 303 g/mol. The number of morpholine rings is 1. The number of rotatable bonds is 4. The highest BCUT2D eigenvalue weighted by molar-refractivity contribution is 5.84. The third kappa shape index (κ3) is 2.63. The van der Waals surface area contributed by atoms with Crippen LogP contribution < -0.4 is 5.32 Å². The van der Waals surface area contributed by atoms with Crippen molar-refractivity contribution in [1.82, 2.24) is 19.9 Å². The number of nitrogens with one attached hydrogen (secondary N) is 1. The van der Waals surface area contributed by atoms with E-state index in [0.29, 0.717) is 25.6 Å². The molecule has 0 radical (unpaired) electrons. The van der Waals surface area contributed by atoms with Crippen LogP contribution in [0.3, 0.4) is 0 Å². The molecule has 0 aliphatic carbocycles. The molecule has 2 aromatic heterocycles. The molecule has 0 bridgehead atoms. The molecular weight excluding hydrogens is 282 g/mol. The van der Waals surface area contributed by atoms with Crippen molar-refractivity contribution in [3.8, 4) is 0 Å². The Hall–Kier alpha value is -1.83. The molecule has 118 valence electrons. The molecule has 1 fully saturated rings. The van der Waals surface area contributed by atoms with Gasteiger partial charge in [0.25, 0.3) is 0 Å². The highest BCUT2D eigenvalue weighted by atomic mass is 16.5. The normalized spacial score (nSPS) is 26.2. The van der Waals surface area contributed by atoms with E-state index >= 15 is 0 Å². The fraction of sp³-hybridized carbons (Fsp3) is 0.533. The number of aromatic nitrogens is 3. The third-order valence-electron chi connectivity index (χ3n) is 4.41. The summed E-state index contributed by atoms with van der Waals surface area (Å²) in [6.07, 6.45) is 3.23. The van der Waals surface area contributed by atoms with Gasteiger partial charge in [-0.1, -0.05) is 0 Å².